The molecule has 1 aromatic heterocycles. The third-order valence-corrected chi connectivity index (χ3v) is 2.93. The Balaban J connectivity index is 2.80. The summed E-state index contributed by atoms with van der Waals surface area (Å²) in [6, 6.07) is 5.85. The van der Waals surface area contributed by atoms with Crippen molar-refractivity contribution in [1.29, 1.82) is 5.26 Å². The van der Waals surface area contributed by atoms with Crippen molar-refractivity contribution in [3.8, 4) is 6.07 Å². The molecule has 1 heterocycles. The number of fused-ring (bicyclic) bond motifs is 1. The van der Waals surface area contributed by atoms with Gasteiger partial charge in [0.25, 0.3) is 0 Å². The van der Waals surface area contributed by atoms with Crippen LogP contribution in [0.15, 0.2) is 12.1 Å². The number of benzene rings is 1. The Morgan fingerprint density at radius 3 is 3.00 bits per heavy atom. The van der Waals surface area contributed by atoms with Crippen molar-refractivity contribution in [1.82, 2.24) is 4.98 Å². The molecule has 0 amide bonds. The lowest BCUT2D eigenvalue weighted by Gasteiger charge is -1.98. The zero-order valence-corrected chi connectivity index (χ0v) is 8.56. The lowest BCUT2D eigenvalue weighted by Crippen LogP contribution is -1.86. The molecule has 0 aliphatic heterocycles. The number of anilines is 1. The van der Waals surface area contributed by atoms with Gasteiger partial charge in [-0.25, -0.2) is 4.98 Å². The van der Waals surface area contributed by atoms with Gasteiger partial charge in [0, 0.05) is 0 Å². The van der Waals surface area contributed by atoms with Gasteiger partial charge in [0.05, 0.1) is 21.8 Å². The molecule has 0 aliphatic carbocycles. The second-order valence-corrected chi connectivity index (χ2v) is 4.06. The van der Waals surface area contributed by atoms with Gasteiger partial charge in [0.1, 0.15) is 0 Å². The molecule has 14 heavy (non-hydrogen) atoms. The summed E-state index contributed by atoms with van der Waals surface area (Å²) in [5.74, 6) is 0. The summed E-state index contributed by atoms with van der Waals surface area (Å²) in [5, 5.41) is 9.39. The van der Waals surface area contributed by atoms with Crippen LogP contribution in [0, 0.1) is 11.3 Å². The Hall–Kier alpha value is -1.60. The number of hydrogen-bond acceptors (Lipinski definition) is 4. The van der Waals surface area contributed by atoms with Crippen LogP contribution in [0.2, 0.25) is 0 Å². The molecular weight excluding hydrogens is 194 g/mol. The minimum absolute atomic E-state index is 0.560. The Bertz CT molecular complexity index is 522. The Morgan fingerprint density at radius 2 is 2.36 bits per heavy atom. The van der Waals surface area contributed by atoms with Crippen molar-refractivity contribution in [2.45, 2.75) is 13.3 Å². The van der Waals surface area contributed by atoms with Gasteiger partial charge in [-0.15, -0.1) is 0 Å². The van der Waals surface area contributed by atoms with E-state index in [0.717, 1.165) is 22.2 Å². The summed E-state index contributed by atoms with van der Waals surface area (Å²) in [6.07, 6.45) is 0.870. The van der Waals surface area contributed by atoms with Crippen LogP contribution in [-0.4, -0.2) is 4.98 Å². The first-order chi connectivity index (χ1) is 6.74. The van der Waals surface area contributed by atoms with Gasteiger partial charge in [-0.05, 0) is 24.1 Å². The molecule has 70 valence electrons. The van der Waals surface area contributed by atoms with E-state index in [1.54, 1.807) is 0 Å². The first-order valence-electron chi connectivity index (χ1n) is 4.33. The van der Waals surface area contributed by atoms with E-state index in [2.05, 4.69) is 11.1 Å². The van der Waals surface area contributed by atoms with E-state index in [9.17, 15) is 0 Å². The number of aromatic nitrogens is 1. The zero-order chi connectivity index (χ0) is 10.1. The molecule has 1 aromatic carbocycles. The highest BCUT2D eigenvalue weighted by molar-refractivity contribution is 7.22. The minimum Gasteiger partial charge on any atom is -0.375 e. The molecule has 0 bridgehead atoms. The van der Waals surface area contributed by atoms with Crippen LogP contribution in [-0.2, 0) is 6.42 Å². The van der Waals surface area contributed by atoms with Crippen LogP contribution in [0.3, 0.4) is 0 Å². The maximum absolute atomic E-state index is 8.83. The van der Waals surface area contributed by atoms with Crippen molar-refractivity contribution >= 4 is 26.7 Å². The van der Waals surface area contributed by atoms with Crippen LogP contribution >= 0.6 is 11.3 Å². The maximum Gasteiger partial charge on any atom is 0.181 e. The predicted octanol–water partition coefficient (Wildman–Crippen LogP) is 2.31. The average Bonchev–Trinajstić information content (AvgIpc) is 2.56. The fourth-order valence-electron chi connectivity index (χ4n) is 1.45. The number of aryl methyl sites for hydroxylation is 1. The smallest absolute Gasteiger partial charge is 0.181 e. The van der Waals surface area contributed by atoms with Gasteiger partial charge in [-0.3, -0.25) is 0 Å². The van der Waals surface area contributed by atoms with Gasteiger partial charge in [-0.2, -0.15) is 5.26 Å². The standard InChI is InChI=1S/C10H9N3S/c1-2-7-3-6(5-11)4-8-9(7)13-10(12)14-8/h3-4H,2H2,1H3,(H2,12,13). The van der Waals surface area contributed by atoms with E-state index in [1.807, 2.05) is 19.1 Å². The zero-order valence-electron chi connectivity index (χ0n) is 7.74. The van der Waals surface area contributed by atoms with Crippen molar-refractivity contribution < 1.29 is 0 Å². The van der Waals surface area contributed by atoms with E-state index in [1.165, 1.54) is 11.3 Å². The highest BCUT2D eigenvalue weighted by Crippen LogP contribution is 2.28. The molecule has 2 aromatic rings. The highest BCUT2D eigenvalue weighted by atomic mass is 32.1. The molecule has 0 unspecified atom stereocenters. The molecule has 0 fully saturated rings. The van der Waals surface area contributed by atoms with E-state index >= 15 is 0 Å². The second-order valence-electron chi connectivity index (χ2n) is 3.00. The van der Waals surface area contributed by atoms with Crippen molar-refractivity contribution in [3.63, 3.8) is 0 Å². The topological polar surface area (TPSA) is 62.7 Å². The molecule has 0 saturated carbocycles. The lowest BCUT2D eigenvalue weighted by atomic mass is 10.1. The number of nitriles is 1. The molecule has 0 radical (unpaired) electrons. The number of nitrogen functional groups attached to an aromatic ring is 1. The maximum atomic E-state index is 8.83. The molecule has 2 rings (SSSR count). The van der Waals surface area contributed by atoms with Gasteiger partial charge < -0.3 is 5.73 Å². The van der Waals surface area contributed by atoms with Gasteiger partial charge in [-0.1, -0.05) is 18.3 Å². The molecule has 4 heteroatoms. The third kappa shape index (κ3) is 1.32. The Labute approximate surface area is 85.8 Å². The first-order valence-corrected chi connectivity index (χ1v) is 5.15. The molecular formula is C10H9N3S. The van der Waals surface area contributed by atoms with Gasteiger partial charge in [0.15, 0.2) is 5.13 Å². The summed E-state index contributed by atoms with van der Waals surface area (Å²) in [4.78, 5) is 4.25. The van der Waals surface area contributed by atoms with E-state index in [0.29, 0.717) is 10.7 Å². The summed E-state index contributed by atoms with van der Waals surface area (Å²) in [7, 11) is 0. The van der Waals surface area contributed by atoms with Crippen molar-refractivity contribution in [2.75, 3.05) is 5.73 Å². The summed E-state index contributed by atoms with van der Waals surface area (Å²) < 4.78 is 0.999. The second kappa shape index (κ2) is 3.28. The van der Waals surface area contributed by atoms with Crippen LogP contribution in [0.1, 0.15) is 18.1 Å². The quantitative estimate of drug-likeness (QED) is 0.773. The van der Waals surface area contributed by atoms with Crippen LogP contribution in [0.25, 0.3) is 10.2 Å². The lowest BCUT2D eigenvalue weighted by molar-refractivity contribution is 1.15. The van der Waals surface area contributed by atoms with Crippen molar-refractivity contribution in [3.05, 3.63) is 23.3 Å². The summed E-state index contributed by atoms with van der Waals surface area (Å²) in [6.45, 7) is 2.05. The minimum atomic E-state index is 0.560. The van der Waals surface area contributed by atoms with E-state index < -0.39 is 0 Å². The number of nitrogens with zero attached hydrogens (tertiary/aromatic N) is 2. The number of rotatable bonds is 1. The molecule has 3 nitrogen and oxygen atoms in total. The monoisotopic (exact) mass is 203 g/mol. The van der Waals surface area contributed by atoms with E-state index in [4.69, 9.17) is 11.0 Å². The average molecular weight is 203 g/mol. The molecule has 0 aliphatic rings. The van der Waals surface area contributed by atoms with Crippen LogP contribution in [0.4, 0.5) is 5.13 Å². The van der Waals surface area contributed by atoms with Crippen molar-refractivity contribution in [2.24, 2.45) is 0 Å². The summed E-state index contributed by atoms with van der Waals surface area (Å²) in [5.41, 5.74) is 8.34. The highest BCUT2D eigenvalue weighted by Gasteiger charge is 2.07. The van der Waals surface area contributed by atoms with Gasteiger partial charge in [0.2, 0.25) is 0 Å². The summed E-state index contributed by atoms with van der Waals surface area (Å²) >= 11 is 1.43. The fraction of sp³-hybridized carbons (Fsp3) is 0.200. The normalized spacial score (nSPS) is 10.3. The van der Waals surface area contributed by atoms with Crippen LogP contribution < -0.4 is 5.73 Å². The molecule has 0 saturated heterocycles. The fourth-order valence-corrected chi connectivity index (χ4v) is 2.27. The molecule has 0 spiro atoms. The van der Waals surface area contributed by atoms with Crippen LogP contribution in [0.5, 0.6) is 0 Å². The largest absolute Gasteiger partial charge is 0.375 e. The van der Waals surface area contributed by atoms with Gasteiger partial charge >= 0.3 is 0 Å². The molecule has 2 N–H and O–H groups in total. The number of hydrogen-bond donors (Lipinski definition) is 1. The molecule has 0 atom stereocenters. The third-order valence-electron chi connectivity index (χ3n) is 2.10. The number of nitrogens with two attached hydrogens (primary N) is 1. The SMILES string of the molecule is CCc1cc(C#N)cc2sc(N)nc12. The Kier molecular flexibility index (Phi) is 2.10. The predicted molar refractivity (Wildman–Crippen MR) is 58.1 cm³/mol. The Morgan fingerprint density at radius 1 is 1.57 bits per heavy atom. The van der Waals surface area contributed by atoms with E-state index in [-0.39, 0.29) is 0 Å². The number of thiazole rings is 1. The first kappa shape index (κ1) is 8.97.